The third-order valence-corrected chi connectivity index (χ3v) is 3.29. The van der Waals surface area contributed by atoms with Crippen LogP contribution in [0.4, 0.5) is 18.9 Å². The van der Waals surface area contributed by atoms with E-state index in [9.17, 15) is 22.8 Å². The Morgan fingerprint density at radius 3 is 2.05 bits per heavy atom. The molecule has 1 aliphatic rings. The number of aliphatic carboxylic acids is 1. The minimum Gasteiger partial charge on any atom is -0.480 e. The second kappa shape index (κ2) is 4.56. The van der Waals surface area contributed by atoms with Gasteiger partial charge in [0.05, 0.1) is 0 Å². The summed E-state index contributed by atoms with van der Waals surface area (Å²) < 4.78 is 38.6. The standard InChI is InChI=1S/C12H10F3NO3/c13-7-4-6(5-8(14)9(7)15)16-10(17)12(11(18)19)2-1-3-12/h4-5H,1-3H2,(H,16,17)(H,18,19). The van der Waals surface area contributed by atoms with Crippen molar-refractivity contribution in [2.45, 2.75) is 19.3 Å². The van der Waals surface area contributed by atoms with E-state index < -0.39 is 34.7 Å². The molecule has 2 rings (SSSR count). The molecule has 1 aromatic carbocycles. The van der Waals surface area contributed by atoms with Crippen molar-refractivity contribution < 1.29 is 27.9 Å². The highest BCUT2D eigenvalue weighted by Crippen LogP contribution is 2.42. The molecular weight excluding hydrogens is 263 g/mol. The van der Waals surface area contributed by atoms with Crippen LogP contribution in [0.25, 0.3) is 0 Å². The van der Waals surface area contributed by atoms with E-state index >= 15 is 0 Å². The Morgan fingerprint density at radius 2 is 1.68 bits per heavy atom. The number of carbonyl (C=O) groups is 2. The van der Waals surface area contributed by atoms with Crippen LogP contribution < -0.4 is 5.32 Å². The van der Waals surface area contributed by atoms with Crippen molar-refractivity contribution in [3.05, 3.63) is 29.6 Å². The maximum atomic E-state index is 13.0. The smallest absolute Gasteiger partial charge is 0.319 e. The molecular formula is C12H10F3NO3. The SMILES string of the molecule is O=C(O)C1(C(=O)Nc2cc(F)c(F)c(F)c2)CCC1. The Labute approximate surface area is 106 Å². The third-order valence-electron chi connectivity index (χ3n) is 3.29. The molecule has 1 amide bonds. The van der Waals surface area contributed by atoms with E-state index in [-0.39, 0.29) is 18.5 Å². The summed E-state index contributed by atoms with van der Waals surface area (Å²) in [6.07, 6.45) is 0.923. The van der Waals surface area contributed by atoms with E-state index in [1.807, 2.05) is 0 Å². The Bertz CT molecular complexity index is 532. The van der Waals surface area contributed by atoms with Crippen LogP contribution in [-0.2, 0) is 9.59 Å². The first kappa shape index (κ1) is 13.4. The van der Waals surface area contributed by atoms with Crippen molar-refractivity contribution in [3.8, 4) is 0 Å². The molecule has 0 bridgehead atoms. The van der Waals surface area contributed by atoms with Crippen LogP contribution >= 0.6 is 0 Å². The van der Waals surface area contributed by atoms with Crippen LogP contribution in [0.5, 0.6) is 0 Å². The van der Waals surface area contributed by atoms with Crippen molar-refractivity contribution in [3.63, 3.8) is 0 Å². The monoisotopic (exact) mass is 273 g/mol. The second-order valence-corrected chi connectivity index (χ2v) is 4.45. The molecule has 0 aromatic heterocycles. The van der Waals surface area contributed by atoms with Gasteiger partial charge in [0.15, 0.2) is 17.5 Å². The molecule has 0 unspecified atom stereocenters. The van der Waals surface area contributed by atoms with Crippen molar-refractivity contribution in [1.29, 1.82) is 0 Å². The number of anilines is 1. The molecule has 0 saturated heterocycles. The van der Waals surface area contributed by atoms with E-state index in [0.717, 1.165) is 0 Å². The highest BCUT2D eigenvalue weighted by molar-refractivity contribution is 6.09. The summed E-state index contributed by atoms with van der Waals surface area (Å²) in [6.45, 7) is 0. The summed E-state index contributed by atoms with van der Waals surface area (Å²) in [5, 5.41) is 11.1. The molecule has 4 nitrogen and oxygen atoms in total. The van der Waals surface area contributed by atoms with Crippen molar-refractivity contribution >= 4 is 17.6 Å². The lowest BCUT2D eigenvalue weighted by Gasteiger charge is -2.35. The minimum atomic E-state index is -1.64. The summed E-state index contributed by atoms with van der Waals surface area (Å²) in [6, 6.07) is 1.20. The van der Waals surface area contributed by atoms with Crippen molar-refractivity contribution in [1.82, 2.24) is 0 Å². The number of hydrogen-bond donors (Lipinski definition) is 2. The highest BCUT2D eigenvalue weighted by atomic mass is 19.2. The van der Waals surface area contributed by atoms with Gasteiger partial charge >= 0.3 is 5.97 Å². The Hall–Kier alpha value is -2.05. The number of halogens is 3. The summed E-state index contributed by atoms with van der Waals surface area (Å²) in [4.78, 5) is 22.9. The van der Waals surface area contributed by atoms with Gasteiger partial charge in [-0.25, -0.2) is 13.2 Å². The van der Waals surface area contributed by atoms with Gasteiger partial charge in [0, 0.05) is 17.8 Å². The van der Waals surface area contributed by atoms with Gasteiger partial charge in [-0.2, -0.15) is 0 Å². The molecule has 0 radical (unpaired) electrons. The van der Waals surface area contributed by atoms with Crippen molar-refractivity contribution in [2.75, 3.05) is 5.32 Å². The molecule has 2 N–H and O–H groups in total. The number of carboxylic acids is 1. The molecule has 1 fully saturated rings. The normalized spacial score (nSPS) is 16.6. The molecule has 1 aromatic rings. The van der Waals surface area contributed by atoms with Crippen LogP contribution in [0.15, 0.2) is 12.1 Å². The first-order valence-electron chi connectivity index (χ1n) is 5.56. The van der Waals surface area contributed by atoms with Gasteiger partial charge in [-0.15, -0.1) is 0 Å². The zero-order chi connectivity index (χ0) is 14.2. The zero-order valence-corrected chi connectivity index (χ0v) is 9.67. The number of nitrogens with one attached hydrogen (secondary N) is 1. The largest absolute Gasteiger partial charge is 0.480 e. The predicted molar refractivity (Wildman–Crippen MR) is 58.9 cm³/mol. The Balaban J connectivity index is 2.22. The van der Waals surface area contributed by atoms with Crippen LogP contribution in [0, 0.1) is 22.9 Å². The van der Waals surface area contributed by atoms with Gasteiger partial charge in [0.2, 0.25) is 5.91 Å². The van der Waals surface area contributed by atoms with Gasteiger partial charge in [-0.3, -0.25) is 9.59 Å². The number of rotatable bonds is 3. The molecule has 0 heterocycles. The summed E-state index contributed by atoms with van der Waals surface area (Å²) in [5.41, 5.74) is -1.87. The lowest BCUT2D eigenvalue weighted by atomic mass is 9.68. The third kappa shape index (κ3) is 2.16. The first-order chi connectivity index (χ1) is 8.86. The topological polar surface area (TPSA) is 66.4 Å². The second-order valence-electron chi connectivity index (χ2n) is 4.45. The molecule has 1 aliphatic carbocycles. The molecule has 0 atom stereocenters. The summed E-state index contributed by atoms with van der Waals surface area (Å²) >= 11 is 0. The maximum Gasteiger partial charge on any atom is 0.319 e. The van der Waals surface area contributed by atoms with Crippen LogP contribution in [-0.4, -0.2) is 17.0 Å². The summed E-state index contributed by atoms with van der Waals surface area (Å²) in [5.74, 6) is -6.67. The Kier molecular flexibility index (Phi) is 3.21. The van der Waals surface area contributed by atoms with E-state index in [4.69, 9.17) is 5.11 Å². The van der Waals surface area contributed by atoms with Gasteiger partial charge < -0.3 is 10.4 Å². The molecule has 7 heteroatoms. The van der Waals surface area contributed by atoms with Crippen molar-refractivity contribution in [2.24, 2.45) is 5.41 Å². The van der Waals surface area contributed by atoms with Gasteiger partial charge in [0.1, 0.15) is 5.41 Å². The summed E-state index contributed by atoms with van der Waals surface area (Å²) in [7, 11) is 0. The number of hydrogen-bond acceptors (Lipinski definition) is 2. The Morgan fingerprint density at radius 1 is 1.16 bits per heavy atom. The maximum absolute atomic E-state index is 13.0. The fourth-order valence-corrected chi connectivity index (χ4v) is 1.95. The van der Waals surface area contributed by atoms with Crippen LogP contribution in [0.2, 0.25) is 0 Å². The molecule has 19 heavy (non-hydrogen) atoms. The quantitative estimate of drug-likeness (QED) is 0.656. The lowest BCUT2D eigenvalue weighted by Crippen LogP contribution is -2.48. The van der Waals surface area contributed by atoms with E-state index in [2.05, 4.69) is 5.32 Å². The predicted octanol–water partition coefficient (Wildman–Crippen LogP) is 2.30. The number of carboxylic acid groups (broad SMARTS) is 1. The van der Waals surface area contributed by atoms with E-state index in [1.54, 1.807) is 0 Å². The molecule has 0 aliphatic heterocycles. The average molecular weight is 273 g/mol. The molecule has 102 valence electrons. The minimum absolute atomic E-state index is 0.167. The van der Waals surface area contributed by atoms with Crippen LogP contribution in [0.3, 0.4) is 0 Å². The lowest BCUT2D eigenvalue weighted by molar-refractivity contribution is -0.159. The van der Waals surface area contributed by atoms with Crippen LogP contribution in [0.1, 0.15) is 19.3 Å². The van der Waals surface area contributed by atoms with Gasteiger partial charge in [-0.05, 0) is 12.8 Å². The van der Waals surface area contributed by atoms with Gasteiger partial charge in [0.25, 0.3) is 0 Å². The molecule has 0 spiro atoms. The zero-order valence-electron chi connectivity index (χ0n) is 9.67. The van der Waals surface area contributed by atoms with E-state index in [0.29, 0.717) is 18.6 Å². The fourth-order valence-electron chi connectivity index (χ4n) is 1.95. The molecule has 1 saturated carbocycles. The first-order valence-corrected chi connectivity index (χ1v) is 5.56. The number of amides is 1. The van der Waals surface area contributed by atoms with Gasteiger partial charge in [-0.1, -0.05) is 6.42 Å². The number of benzene rings is 1. The highest BCUT2D eigenvalue weighted by Gasteiger charge is 2.51. The fraction of sp³-hybridized carbons (Fsp3) is 0.333. The number of carbonyl (C=O) groups excluding carboxylic acids is 1. The van der Waals surface area contributed by atoms with E-state index in [1.165, 1.54) is 0 Å². The average Bonchev–Trinajstić information content (AvgIpc) is 2.23.